The topological polar surface area (TPSA) is 54.8 Å². The molecule has 0 amide bonds. The number of thiocarbonyl (C=S) groups is 1. The molecule has 0 saturated carbocycles. The van der Waals surface area contributed by atoms with Gasteiger partial charge in [-0.25, -0.2) is 4.68 Å². The highest BCUT2D eigenvalue weighted by Gasteiger charge is 2.30. The van der Waals surface area contributed by atoms with E-state index in [1.54, 1.807) is 0 Å². The summed E-state index contributed by atoms with van der Waals surface area (Å²) in [6, 6.07) is 4.74. The molecule has 9 heteroatoms. The third kappa shape index (κ3) is 3.65. The molecular formula is C10H8F3N5S. The summed E-state index contributed by atoms with van der Waals surface area (Å²) in [7, 11) is 0. The van der Waals surface area contributed by atoms with E-state index < -0.39 is 11.7 Å². The van der Waals surface area contributed by atoms with Gasteiger partial charge in [0, 0.05) is 5.69 Å². The van der Waals surface area contributed by atoms with Crippen molar-refractivity contribution in [3.63, 3.8) is 0 Å². The number of nitrogens with zero attached hydrogens (tertiary/aromatic N) is 3. The molecule has 0 fully saturated rings. The second kappa shape index (κ2) is 5.22. The van der Waals surface area contributed by atoms with E-state index in [-0.39, 0.29) is 10.8 Å². The molecule has 0 atom stereocenters. The van der Waals surface area contributed by atoms with Crippen LogP contribution in [0.1, 0.15) is 5.56 Å². The Balaban J connectivity index is 2.05. The van der Waals surface area contributed by atoms with Crippen molar-refractivity contribution in [3.05, 3.63) is 42.5 Å². The van der Waals surface area contributed by atoms with E-state index in [1.165, 1.54) is 29.5 Å². The first kappa shape index (κ1) is 13.3. The summed E-state index contributed by atoms with van der Waals surface area (Å²) in [6.45, 7) is 0. The Morgan fingerprint density at radius 2 is 1.89 bits per heavy atom. The quantitative estimate of drug-likeness (QED) is 0.830. The lowest BCUT2D eigenvalue weighted by Crippen LogP contribution is -2.26. The van der Waals surface area contributed by atoms with Crippen molar-refractivity contribution in [2.75, 3.05) is 10.7 Å². The Morgan fingerprint density at radius 1 is 1.21 bits per heavy atom. The van der Waals surface area contributed by atoms with E-state index in [9.17, 15) is 13.2 Å². The molecule has 5 nitrogen and oxygen atoms in total. The Kier molecular flexibility index (Phi) is 3.65. The third-order valence-corrected chi connectivity index (χ3v) is 2.29. The fourth-order valence-corrected chi connectivity index (χ4v) is 1.53. The second-order valence-corrected chi connectivity index (χ2v) is 3.92. The van der Waals surface area contributed by atoms with E-state index in [4.69, 9.17) is 12.2 Å². The van der Waals surface area contributed by atoms with Crippen LogP contribution in [-0.4, -0.2) is 20.0 Å². The maximum atomic E-state index is 12.5. The van der Waals surface area contributed by atoms with Crippen molar-refractivity contribution in [3.8, 4) is 0 Å². The second-order valence-electron chi connectivity index (χ2n) is 3.51. The van der Waals surface area contributed by atoms with Gasteiger partial charge in [-0.05, 0) is 30.4 Å². The Labute approximate surface area is 111 Å². The molecule has 1 aromatic carbocycles. The molecule has 0 spiro atoms. The molecule has 0 radical (unpaired) electrons. The molecule has 1 aromatic heterocycles. The summed E-state index contributed by atoms with van der Waals surface area (Å²) in [5, 5.41) is 9.85. The van der Waals surface area contributed by atoms with Gasteiger partial charge in [0.15, 0.2) is 5.11 Å². The SMILES string of the molecule is FC(F)(F)c1cccc(NC(=S)Nn2cnnc2)c1. The molecule has 2 N–H and O–H groups in total. The van der Waals surface area contributed by atoms with Crippen molar-refractivity contribution >= 4 is 23.0 Å². The molecule has 19 heavy (non-hydrogen) atoms. The minimum Gasteiger partial charge on any atom is -0.331 e. The maximum absolute atomic E-state index is 12.5. The number of alkyl halides is 3. The van der Waals surface area contributed by atoms with Gasteiger partial charge in [-0.3, -0.25) is 5.43 Å². The summed E-state index contributed by atoms with van der Waals surface area (Å²) in [6.07, 6.45) is -1.67. The van der Waals surface area contributed by atoms with Gasteiger partial charge in [0.25, 0.3) is 0 Å². The molecule has 0 saturated heterocycles. The number of anilines is 1. The number of halogens is 3. The fraction of sp³-hybridized carbons (Fsp3) is 0.100. The summed E-state index contributed by atoms with van der Waals surface area (Å²) < 4.78 is 38.9. The maximum Gasteiger partial charge on any atom is 0.416 e. The Hall–Kier alpha value is -2.16. The summed E-state index contributed by atoms with van der Waals surface area (Å²) in [5.74, 6) is 0. The van der Waals surface area contributed by atoms with Gasteiger partial charge < -0.3 is 5.32 Å². The van der Waals surface area contributed by atoms with Crippen LogP contribution in [0.3, 0.4) is 0 Å². The molecule has 1 heterocycles. The number of hydrogen-bond acceptors (Lipinski definition) is 3. The van der Waals surface area contributed by atoms with Crippen molar-refractivity contribution in [1.82, 2.24) is 14.9 Å². The normalized spacial score (nSPS) is 11.1. The van der Waals surface area contributed by atoms with Gasteiger partial charge in [0.2, 0.25) is 0 Å². The molecule has 0 unspecified atom stereocenters. The van der Waals surface area contributed by atoms with Crippen LogP contribution in [0.15, 0.2) is 36.9 Å². The van der Waals surface area contributed by atoms with Crippen LogP contribution in [0.2, 0.25) is 0 Å². The van der Waals surface area contributed by atoms with Crippen molar-refractivity contribution in [1.29, 1.82) is 0 Å². The van der Waals surface area contributed by atoms with Crippen molar-refractivity contribution in [2.45, 2.75) is 6.18 Å². The van der Waals surface area contributed by atoms with Gasteiger partial charge in [-0.1, -0.05) is 6.07 Å². The van der Waals surface area contributed by atoms with E-state index in [1.807, 2.05) is 0 Å². The monoisotopic (exact) mass is 287 g/mol. The number of benzene rings is 1. The number of aromatic nitrogens is 3. The number of nitrogens with one attached hydrogen (secondary N) is 2. The molecular weight excluding hydrogens is 279 g/mol. The Bertz CT molecular complexity index is 567. The molecule has 0 aliphatic carbocycles. The smallest absolute Gasteiger partial charge is 0.331 e. The zero-order valence-electron chi connectivity index (χ0n) is 9.35. The number of rotatable bonds is 2. The van der Waals surface area contributed by atoms with Gasteiger partial charge in [0.05, 0.1) is 5.56 Å². The van der Waals surface area contributed by atoms with E-state index in [2.05, 4.69) is 20.9 Å². The summed E-state index contributed by atoms with van der Waals surface area (Å²) in [5.41, 5.74) is 2.15. The highest BCUT2D eigenvalue weighted by molar-refractivity contribution is 7.80. The molecule has 2 rings (SSSR count). The summed E-state index contributed by atoms with van der Waals surface area (Å²) >= 11 is 4.94. The van der Waals surface area contributed by atoms with Gasteiger partial charge >= 0.3 is 6.18 Å². The summed E-state index contributed by atoms with van der Waals surface area (Å²) in [4.78, 5) is 0. The predicted molar refractivity (Wildman–Crippen MR) is 67.0 cm³/mol. The lowest BCUT2D eigenvalue weighted by molar-refractivity contribution is -0.137. The van der Waals surface area contributed by atoms with Gasteiger partial charge in [0.1, 0.15) is 12.7 Å². The molecule has 100 valence electrons. The lowest BCUT2D eigenvalue weighted by atomic mass is 10.2. The minimum atomic E-state index is -4.39. The zero-order valence-corrected chi connectivity index (χ0v) is 10.2. The first-order valence-corrected chi connectivity index (χ1v) is 5.46. The van der Waals surface area contributed by atoms with Crippen molar-refractivity contribution in [2.24, 2.45) is 0 Å². The van der Waals surface area contributed by atoms with Crippen LogP contribution >= 0.6 is 12.2 Å². The third-order valence-electron chi connectivity index (χ3n) is 2.10. The standard InChI is InChI=1S/C10H8F3N5S/c11-10(12,13)7-2-1-3-8(4-7)16-9(19)17-18-5-14-15-6-18/h1-6H,(H2,16,17,19). The average Bonchev–Trinajstić information content (AvgIpc) is 2.80. The van der Waals surface area contributed by atoms with E-state index in [0.717, 1.165) is 12.1 Å². The first-order valence-electron chi connectivity index (χ1n) is 5.05. The van der Waals surface area contributed by atoms with Crippen LogP contribution in [-0.2, 0) is 6.18 Å². The van der Waals surface area contributed by atoms with Gasteiger partial charge in [-0.2, -0.15) is 13.2 Å². The van der Waals surface area contributed by atoms with Crippen molar-refractivity contribution < 1.29 is 13.2 Å². The van der Waals surface area contributed by atoms with Crippen LogP contribution in [0.4, 0.5) is 18.9 Å². The molecule has 0 bridgehead atoms. The predicted octanol–water partition coefficient (Wildman–Crippen LogP) is 2.24. The van der Waals surface area contributed by atoms with Crippen LogP contribution in [0.5, 0.6) is 0 Å². The highest BCUT2D eigenvalue weighted by Crippen LogP contribution is 2.30. The van der Waals surface area contributed by atoms with Crippen LogP contribution in [0, 0.1) is 0 Å². The molecule has 2 aromatic rings. The van der Waals surface area contributed by atoms with E-state index in [0.29, 0.717) is 0 Å². The fourth-order valence-electron chi connectivity index (χ4n) is 1.31. The molecule has 0 aliphatic heterocycles. The number of hydrogen-bond donors (Lipinski definition) is 2. The van der Waals surface area contributed by atoms with Crippen LogP contribution in [0.25, 0.3) is 0 Å². The van der Waals surface area contributed by atoms with Crippen LogP contribution < -0.4 is 10.7 Å². The van der Waals surface area contributed by atoms with E-state index >= 15 is 0 Å². The largest absolute Gasteiger partial charge is 0.416 e. The lowest BCUT2D eigenvalue weighted by Gasteiger charge is -2.12. The Morgan fingerprint density at radius 3 is 2.53 bits per heavy atom. The minimum absolute atomic E-state index is 0.124. The zero-order chi connectivity index (χ0) is 13.9. The highest BCUT2D eigenvalue weighted by atomic mass is 32.1. The van der Waals surface area contributed by atoms with Gasteiger partial charge in [-0.15, -0.1) is 10.2 Å². The average molecular weight is 287 g/mol. The first-order chi connectivity index (χ1) is 8.95. The molecule has 0 aliphatic rings.